The summed E-state index contributed by atoms with van der Waals surface area (Å²) in [5, 5.41) is 15.2. The van der Waals surface area contributed by atoms with Gasteiger partial charge in [0.25, 0.3) is 0 Å². The van der Waals surface area contributed by atoms with Crippen molar-refractivity contribution in [3.8, 4) is 28.0 Å². The molecule has 2 N–H and O–H groups in total. The molecule has 5 nitrogen and oxygen atoms in total. The molecule has 6 rings (SSSR count). The maximum atomic E-state index is 14.2. The summed E-state index contributed by atoms with van der Waals surface area (Å²) in [7, 11) is 0. The van der Waals surface area contributed by atoms with Crippen LogP contribution in [0.3, 0.4) is 0 Å². The highest BCUT2D eigenvalue weighted by Gasteiger charge is 2.33. The summed E-state index contributed by atoms with van der Waals surface area (Å²) in [6.45, 7) is 2.86. The van der Waals surface area contributed by atoms with Gasteiger partial charge in [-0.2, -0.15) is 0 Å². The van der Waals surface area contributed by atoms with E-state index in [1.165, 1.54) is 12.1 Å². The first-order valence-corrected chi connectivity index (χ1v) is 12.3. The molecule has 4 aromatic rings. The smallest absolute Gasteiger partial charge is 0.141 e. The molecule has 8 heteroatoms. The van der Waals surface area contributed by atoms with Gasteiger partial charge in [-0.1, -0.05) is 29.8 Å². The second-order valence-electron chi connectivity index (χ2n) is 9.25. The average molecular weight is 508 g/mol. The molecule has 0 amide bonds. The molecule has 0 saturated carbocycles. The number of hydrogen-bond donors (Lipinski definition) is 2. The number of anilines is 1. The zero-order chi connectivity index (χ0) is 24.8. The van der Waals surface area contributed by atoms with E-state index in [4.69, 9.17) is 16.3 Å². The summed E-state index contributed by atoms with van der Waals surface area (Å²) in [5.74, 6) is -1.29. The Balaban J connectivity index is 1.56. The number of aromatic nitrogens is 1. The van der Waals surface area contributed by atoms with Crippen molar-refractivity contribution in [1.82, 2.24) is 10.3 Å². The van der Waals surface area contributed by atoms with E-state index in [-0.39, 0.29) is 22.9 Å². The summed E-state index contributed by atoms with van der Waals surface area (Å²) >= 11 is 6.17. The number of piperidine rings is 1. The lowest BCUT2D eigenvalue weighted by atomic mass is 9.94. The summed E-state index contributed by atoms with van der Waals surface area (Å²) in [6, 6.07) is 14.7. The van der Waals surface area contributed by atoms with Gasteiger partial charge in [0.1, 0.15) is 17.4 Å². The van der Waals surface area contributed by atoms with Crippen LogP contribution in [0.25, 0.3) is 33.2 Å². The van der Waals surface area contributed by atoms with Gasteiger partial charge in [-0.05, 0) is 47.9 Å². The predicted octanol–water partition coefficient (Wildman–Crippen LogP) is 5.77. The Hall–Kier alpha value is -3.26. The van der Waals surface area contributed by atoms with Gasteiger partial charge >= 0.3 is 0 Å². The van der Waals surface area contributed by atoms with Crippen molar-refractivity contribution < 1.29 is 18.6 Å². The van der Waals surface area contributed by atoms with Crippen LogP contribution in [0, 0.1) is 11.6 Å². The van der Waals surface area contributed by atoms with Crippen molar-refractivity contribution in [2.45, 2.75) is 18.6 Å². The summed E-state index contributed by atoms with van der Waals surface area (Å²) in [6.07, 6.45) is 2.56. The van der Waals surface area contributed by atoms with Crippen LogP contribution in [-0.4, -0.2) is 48.5 Å². The van der Waals surface area contributed by atoms with E-state index >= 15 is 0 Å². The predicted molar refractivity (Wildman–Crippen MR) is 138 cm³/mol. The average Bonchev–Trinajstić information content (AvgIpc) is 2.88. The van der Waals surface area contributed by atoms with Gasteiger partial charge in [0.15, 0.2) is 0 Å². The lowest BCUT2D eigenvalue weighted by Crippen LogP contribution is -2.57. The van der Waals surface area contributed by atoms with Gasteiger partial charge in [-0.25, -0.2) is 8.78 Å². The first-order chi connectivity index (χ1) is 17.5. The topological polar surface area (TPSA) is 57.6 Å². The fraction of sp³-hybridized carbons (Fsp3) is 0.250. The zero-order valence-corrected chi connectivity index (χ0v) is 20.1. The van der Waals surface area contributed by atoms with Crippen LogP contribution in [0.4, 0.5) is 14.5 Å². The molecule has 3 heterocycles. The molecular weight excluding hydrogens is 484 g/mol. The Kier molecular flexibility index (Phi) is 5.99. The molecule has 0 bridgehead atoms. The van der Waals surface area contributed by atoms with Crippen LogP contribution in [0.5, 0.6) is 5.75 Å². The van der Waals surface area contributed by atoms with E-state index < -0.39 is 11.6 Å². The zero-order valence-electron chi connectivity index (χ0n) is 19.3. The maximum Gasteiger partial charge on any atom is 0.141 e. The Morgan fingerprint density at radius 2 is 1.86 bits per heavy atom. The highest BCUT2D eigenvalue weighted by atomic mass is 35.5. The second kappa shape index (κ2) is 9.32. The number of phenolic OH excluding ortho intramolecular Hbond substituents is 1. The Bertz CT molecular complexity index is 1440. The van der Waals surface area contributed by atoms with Crippen LogP contribution >= 0.6 is 11.6 Å². The normalized spacial score (nSPS) is 19.9. The molecule has 2 unspecified atom stereocenters. The molecule has 2 atom stereocenters. The van der Waals surface area contributed by atoms with Gasteiger partial charge in [0, 0.05) is 54.5 Å². The van der Waals surface area contributed by atoms with Crippen LogP contribution in [0.15, 0.2) is 60.8 Å². The highest BCUT2D eigenvalue weighted by molar-refractivity contribution is 6.32. The molecule has 36 heavy (non-hydrogen) atoms. The molecular formula is C28H24ClF2N3O2. The number of halogens is 3. The molecule has 2 saturated heterocycles. The molecule has 0 aliphatic carbocycles. The summed E-state index contributed by atoms with van der Waals surface area (Å²) in [4.78, 5) is 6.85. The van der Waals surface area contributed by atoms with E-state index in [2.05, 4.69) is 15.2 Å². The number of nitrogens with zero attached hydrogens (tertiary/aromatic N) is 2. The molecule has 2 fully saturated rings. The van der Waals surface area contributed by atoms with Gasteiger partial charge in [0.2, 0.25) is 0 Å². The Morgan fingerprint density at radius 1 is 1.03 bits per heavy atom. The largest absolute Gasteiger partial charge is 0.506 e. The second-order valence-corrected chi connectivity index (χ2v) is 9.66. The number of ether oxygens (including phenoxy) is 1. The third kappa shape index (κ3) is 4.17. The minimum atomic E-state index is -0.646. The number of benzene rings is 3. The Morgan fingerprint density at radius 3 is 2.69 bits per heavy atom. The summed E-state index contributed by atoms with van der Waals surface area (Å²) < 4.78 is 34.6. The molecule has 0 spiro atoms. The third-order valence-electron chi connectivity index (χ3n) is 7.03. The van der Waals surface area contributed by atoms with Crippen molar-refractivity contribution >= 4 is 28.2 Å². The van der Waals surface area contributed by atoms with Crippen LogP contribution < -0.4 is 10.2 Å². The number of rotatable bonds is 3. The summed E-state index contributed by atoms with van der Waals surface area (Å²) in [5.41, 5.74) is 3.98. The van der Waals surface area contributed by atoms with Gasteiger partial charge < -0.3 is 20.1 Å². The van der Waals surface area contributed by atoms with Crippen molar-refractivity contribution in [1.29, 1.82) is 0 Å². The number of morpholine rings is 1. The fourth-order valence-corrected chi connectivity index (χ4v) is 5.51. The number of pyridine rings is 1. The molecule has 0 radical (unpaired) electrons. The van der Waals surface area contributed by atoms with E-state index in [1.54, 1.807) is 24.4 Å². The van der Waals surface area contributed by atoms with E-state index in [9.17, 15) is 13.9 Å². The van der Waals surface area contributed by atoms with E-state index in [0.29, 0.717) is 29.8 Å². The minimum Gasteiger partial charge on any atom is -0.506 e. The number of hydrogen-bond acceptors (Lipinski definition) is 5. The lowest BCUT2D eigenvalue weighted by Gasteiger charge is -2.43. The number of nitrogens with one attached hydrogen (secondary N) is 1. The van der Waals surface area contributed by atoms with E-state index in [1.807, 2.05) is 18.2 Å². The van der Waals surface area contributed by atoms with Gasteiger partial charge in [-0.15, -0.1) is 0 Å². The van der Waals surface area contributed by atoms with Crippen LogP contribution in [-0.2, 0) is 4.74 Å². The molecule has 3 aromatic carbocycles. The molecule has 1 aromatic heterocycles. The van der Waals surface area contributed by atoms with Gasteiger partial charge in [-0.3, -0.25) is 4.98 Å². The van der Waals surface area contributed by atoms with Gasteiger partial charge in [0.05, 0.1) is 28.9 Å². The third-order valence-corrected chi connectivity index (χ3v) is 7.33. The van der Waals surface area contributed by atoms with E-state index in [0.717, 1.165) is 47.7 Å². The maximum absolute atomic E-state index is 14.2. The van der Waals surface area contributed by atoms with Crippen LogP contribution in [0.1, 0.15) is 6.42 Å². The molecule has 184 valence electrons. The SMILES string of the molecule is Oc1c(Cl)cccc1-c1ccc2ncc(-c3cc(F)cc(F)c3)c(N3CCC4NCCOC4C3)c2c1. The van der Waals surface area contributed by atoms with Crippen molar-refractivity contribution in [2.24, 2.45) is 0 Å². The first kappa shape index (κ1) is 23.2. The van der Waals surface area contributed by atoms with Crippen molar-refractivity contribution in [3.05, 3.63) is 77.5 Å². The molecule has 2 aliphatic heterocycles. The molecule has 2 aliphatic rings. The fourth-order valence-electron chi connectivity index (χ4n) is 5.33. The number of aromatic hydroxyl groups is 1. The van der Waals surface area contributed by atoms with Crippen LogP contribution in [0.2, 0.25) is 5.02 Å². The minimum absolute atomic E-state index is 0.00104. The van der Waals surface area contributed by atoms with Crippen molar-refractivity contribution in [3.63, 3.8) is 0 Å². The van der Waals surface area contributed by atoms with Crippen molar-refractivity contribution in [2.75, 3.05) is 31.1 Å². The first-order valence-electron chi connectivity index (χ1n) is 11.9. The number of fused-ring (bicyclic) bond motifs is 2. The monoisotopic (exact) mass is 507 g/mol. The number of phenols is 1. The Labute approximate surface area is 212 Å². The highest BCUT2D eigenvalue weighted by Crippen LogP contribution is 2.42. The number of para-hydroxylation sites is 1. The quantitative estimate of drug-likeness (QED) is 0.368. The lowest BCUT2D eigenvalue weighted by molar-refractivity contribution is -0.00896. The standard InChI is InChI=1S/C28H24ClF2N3O2/c29-23-3-1-2-20(28(23)35)16-4-5-24-21(12-16)27(34-8-6-25-26(15-34)36-9-7-32-25)22(14-33-24)17-10-18(30)13-19(31)11-17/h1-5,10-14,25-26,32,35H,6-9,15H2.